The molecule has 2 unspecified atom stereocenters. The Morgan fingerprint density at radius 3 is 2.33 bits per heavy atom. The fraction of sp³-hybridized carbons (Fsp3) is 0.375. The maximum atomic E-state index is 14.1. The summed E-state index contributed by atoms with van der Waals surface area (Å²) in [6.45, 7) is 1.02. The van der Waals surface area contributed by atoms with E-state index in [1.165, 1.54) is 24.5 Å². The van der Waals surface area contributed by atoms with Gasteiger partial charge in [-0.15, -0.1) is 10.2 Å². The molecule has 11 heteroatoms. The van der Waals surface area contributed by atoms with Crippen molar-refractivity contribution in [3.63, 3.8) is 0 Å². The standard InChI is InChI=1S/C16H13F4N7/c17-11-2-1-3-21-12(11)26-7-10-6-9(26)8-27(10)13-14-23-24-15(16(18,19)20)25(14)5-4-22-13/h1-5,9-10H,6-8H2. The normalized spacial score (nSPS) is 22.2. The summed E-state index contributed by atoms with van der Waals surface area (Å²) in [5.41, 5.74) is 0.0629. The van der Waals surface area contributed by atoms with Crippen LogP contribution in [0.2, 0.25) is 0 Å². The number of piperazine rings is 1. The molecular formula is C16H13F4N7. The number of halogens is 4. The molecule has 0 spiro atoms. The van der Waals surface area contributed by atoms with Gasteiger partial charge >= 0.3 is 6.18 Å². The Labute approximate surface area is 150 Å². The summed E-state index contributed by atoms with van der Waals surface area (Å²) in [6, 6.07) is 2.89. The maximum absolute atomic E-state index is 14.1. The average Bonchev–Trinajstić information content (AvgIpc) is 3.34. The molecule has 0 N–H and O–H groups in total. The van der Waals surface area contributed by atoms with E-state index in [1.807, 2.05) is 9.80 Å². The minimum atomic E-state index is -4.60. The summed E-state index contributed by atoms with van der Waals surface area (Å²) in [5, 5.41) is 6.99. The van der Waals surface area contributed by atoms with Crippen molar-refractivity contribution in [2.75, 3.05) is 22.9 Å². The monoisotopic (exact) mass is 379 g/mol. The fourth-order valence-electron chi connectivity index (χ4n) is 3.98. The van der Waals surface area contributed by atoms with E-state index in [9.17, 15) is 17.6 Å². The Bertz CT molecular complexity index is 1020. The van der Waals surface area contributed by atoms with Gasteiger partial charge in [0.25, 0.3) is 0 Å². The van der Waals surface area contributed by atoms with E-state index in [2.05, 4.69) is 20.2 Å². The zero-order chi connectivity index (χ0) is 18.8. The number of alkyl halides is 3. The quantitative estimate of drug-likeness (QED) is 0.636. The highest BCUT2D eigenvalue weighted by Crippen LogP contribution is 2.38. The van der Waals surface area contributed by atoms with Crippen LogP contribution >= 0.6 is 0 Å². The molecular weight excluding hydrogens is 366 g/mol. The second kappa shape index (κ2) is 5.51. The lowest BCUT2D eigenvalue weighted by atomic mass is 10.2. The molecule has 7 nitrogen and oxygen atoms in total. The number of pyridine rings is 1. The Balaban J connectivity index is 1.47. The number of fused-ring (bicyclic) bond motifs is 3. The van der Waals surface area contributed by atoms with Gasteiger partial charge in [0.05, 0.1) is 12.1 Å². The molecule has 2 fully saturated rings. The third-order valence-electron chi connectivity index (χ3n) is 5.09. The van der Waals surface area contributed by atoms with Gasteiger partial charge in [0.1, 0.15) is 0 Å². The first kappa shape index (κ1) is 16.2. The van der Waals surface area contributed by atoms with Crippen molar-refractivity contribution in [3.05, 3.63) is 42.4 Å². The fourth-order valence-corrected chi connectivity index (χ4v) is 3.98. The van der Waals surface area contributed by atoms with Crippen LogP contribution in [0.3, 0.4) is 0 Å². The van der Waals surface area contributed by atoms with Gasteiger partial charge in [-0.25, -0.2) is 14.4 Å². The van der Waals surface area contributed by atoms with Gasteiger partial charge < -0.3 is 9.80 Å². The summed E-state index contributed by atoms with van der Waals surface area (Å²) in [7, 11) is 0. The Kier molecular flexibility index (Phi) is 3.31. The van der Waals surface area contributed by atoms with Crippen LogP contribution in [0.15, 0.2) is 30.7 Å². The minimum Gasteiger partial charge on any atom is -0.347 e. The van der Waals surface area contributed by atoms with Crippen molar-refractivity contribution in [1.29, 1.82) is 0 Å². The van der Waals surface area contributed by atoms with E-state index >= 15 is 0 Å². The molecule has 3 aromatic rings. The number of nitrogens with zero attached hydrogens (tertiary/aromatic N) is 7. The van der Waals surface area contributed by atoms with Gasteiger partial charge in [0.15, 0.2) is 17.5 Å². The van der Waals surface area contributed by atoms with E-state index in [-0.39, 0.29) is 23.5 Å². The molecule has 5 heterocycles. The van der Waals surface area contributed by atoms with Gasteiger partial charge in [-0.05, 0) is 18.6 Å². The molecule has 2 bridgehead atoms. The molecule has 2 aliphatic heterocycles. The number of rotatable bonds is 2. The molecule has 0 radical (unpaired) electrons. The Hall–Kier alpha value is -2.98. The van der Waals surface area contributed by atoms with E-state index in [0.29, 0.717) is 24.7 Å². The van der Waals surface area contributed by atoms with Crippen molar-refractivity contribution in [2.45, 2.75) is 24.7 Å². The van der Waals surface area contributed by atoms with E-state index < -0.39 is 12.0 Å². The molecule has 5 rings (SSSR count). The predicted octanol–water partition coefficient (Wildman–Crippen LogP) is 2.14. The van der Waals surface area contributed by atoms with Crippen molar-refractivity contribution in [2.24, 2.45) is 0 Å². The lowest BCUT2D eigenvalue weighted by Gasteiger charge is -2.35. The largest absolute Gasteiger partial charge is 0.452 e. The molecule has 0 aromatic carbocycles. The second-order valence-corrected chi connectivity index (χ2v) is 6.62. The molecule has 0 saturated carbocycles. The first-order chi connectivity index (χ1) is 12.9. The SMILES string of the molecule is Fc1cccnc1N1CC2CC1CN2c1nccn2c(C(F)(F)F)nnc12. The van der Waals surface area contributed by atoms with Crippen LogP contribution in [-0.2, 0) is 6.18 Å². The average molecular weight is 379 g/mol. The number of hydrogen-bond donors (Lipinski definition) is 0. The third-order valence-corrected chi connectivity index (χ3v) is 5.09. The van der Waals surface area contributed by atoms with Gasteiger partial charge in [-0.1, -0.05) is 0 Å². The van der Waals surface area contributed by atoms with Crippen LogP contribution in [0.25, 0.3) is 5.65 Å². The van der Waals surface area contributed by atoms with Gasteiger partial charge in [-0.3, -0.25) is 4.40 Å². The minimum absolute atomic E-state index is 0.00599. The molecule has 0 aliphatic carbocycles. The van der Waals surface area contributed by atoms with Crippen LogP contribution < -0.4 is 9.80 Å². The highest BCUT2D eigenvalue weighted by molar-refractivity contribution is 5.66. The van der Waals surface area contributed by atoms with Gasteiger partial charge in [0.2, 0.25) is 11.5 Å². The summed E-state index contributed by atoms with van der Waals surface area (Å²) < 4.78 is 54.2. The molecule has 0 amide bonds. The summed E-state index contributed by atoms with van der Waals surface area (Å²) in [5.74, 6) is -0.807. The second-order valence-electron chi connectivity index (χ2n) is 6.62. The molecule has 3 aromatic heterocycles. The highest BCUT2D eigenvalue weighted by Gasteiger charge is 2.46. The number of aromatic nitrogens is 5. The Morgan fingerprint density at radius 2 is 1.67 bits per heavy atom. The van der Waals surface area contributed by atoms with Crippen LogP contribution in [0.4, 0.5) is 29.2 Å². The van der Waals surface area contributed by atoms with E-state index in [1.54, 1.807) is 6.20 Å². The summed E-state index contributed by atoms with van der Waals surface area (Å²) in [6.07, 6.45) is 0.197. The number of anilines is 2. The van der Waals surface area contributed by atoms with Crippen molar-refractivity contribution < 1.29 is 17.6 Å². The van der Waals surface area contributed by atoms with Crippen LogP contribution in [0.1, 0.15) is 12.2 Å². The summed E-state index contributed by atoms with van der Waals surface area (Å²) in [4.78, 5) is 12.2. The van der Waals surface area contributed by atoms with Gasteiger partial charge in [0, 0.05) is 31.7 Å². The molecule has 2 aliphatic rings. The van der Waals surface area contributed by atoms with Crippen LogP contribution in [-0.4, -0.2) is 49.7 Å². The highest BCUT2D eigenvalue weighted by atomic mass is 19.4. The smallest absolute Gasteiger partial charge is 0.347 e. The zero-order valence-corrected chi connectivity index (χ0v) is 13.8. The van der Waals surface area contributed by atoms with Crippen molar-refractivity contribution >= 4 is 17.3 Å². The lowest BCUT2D eigenvalue weighted by Crippen LogP contribution is -2.47. The molecule has 2 atom stereocenters. The first-order valence-corrected chi connectivity index (χ1v) is 8.34. The lowest BCUT2D eigenvalue weighted by molar-refractivity contribution is -0.145. The summed E-state index contributed by atoms with van der Waals surface area (Å²) >= 11 is 0. The van der Waals surface area contributed by atoms with Crippen LogP contribution in [0, 0.1) is 5.82 Å². The van der Waals surface area contributed by atoms with Crippen molar-refractivity contribution in [1.82, 2.24) is 24.6 Å². The molecule has 27 heavy (non-hydrogen) atoms. The molecule has 2 saturated heterocycles. The predicted molar refractivity (Wildman–Crippen MR) is 86.9 cm³/mol. The first-order valence-electron chi connectivity index (χ1n) is 8.34. The number of hydrogen-bond acceptors (Lipinski definition) is 6. The maximum Gasteiger partial charge on any atom is 0.452 e. The van der Waals surface area contributed by atoms with Gasteiger partial charge in [-0.2, -0.15) is 13.2 Å². The zero-order valence-electron chi connectivity index (χ0n) is 13.8. The van der Waals surface area contributed by atoms with Crippen molar-refractivity contribution in [3.8, 4) is 0 Å². The third kappa shape index (κ3) is 2.41. The molecule has 140 valence electrons. The van der Waals surface area contributed by atoms with Crippen LogP contribution in [0.5, 0.6) is 0 Å². The van der Waals surface area contributed by atoms with E-state index in [4.69, 9.17) is 0 Å². The topological polar surface area (TPSA) is 62.5 Å². The van der Waals surface area contributed by atoms with E-state index in [0.717, 1.165) is 10.8 Å². The Morgan fingerprint density at radius 1 is 0.963 bits per heavy atom.